The fourth-order valence-electron chi connectivity index (χ4n) is 2.20. The molecule has 0 atom stereocenters. The highest BCUT2D eigenvalue weighted by Gasteiger charge is 2.20. The molecule has 1 amide bonds. The van der Waals surface area contributed by atoms with Gasteiger partial charge in [-0.05, 0) is 36.4 Å². The fourth-order valence-corrected chi connectivity index (χ4v) is 3.08. The molecule has 2 rings (SSSR count). The molecule has 0 aliphatic rings. The van der Waals surface area contributed by atoms with E-state index in [1.54, 1.807) is 24.3 Å². The van der Waals surface area contributed by atoms with Crippen LogP contribution in [0.2, 0.25) is 0 Å². The number of nitrogens with zero attached hydrogens (tertiary/aromatic N) is 1. The molecule has 0 bridgehead atoms. The molecule has 134 valence electrons. The van der Waals surface area contributed by atoms with E-state index in [1.807, 2.05) is 5.43 Å². The van der Waals surface area contributed by atoms with Crippen LogP contribution in [0.25, 0.3) is 0 Å². The number of nitrogens with one attached hydrogen (secondary N) is 1. The van der Waals surface area contributed by atoms with Crippen LogP contribution in [0.5, 0.6) is 5.75 Å². The Hall–Kier alpha value is -2.65. The van der Waals surface area contributed by atoms with Crippen molar-refractivity contribution in [1.82, 2.24) is 5.43 Å². The largest absolute Gasteiger partial charge is 0.497 e. The molecule has 0 spiro atoms. The third-order valence-electron chi connectivity index (χ3n) is 3.52. The first-order valence-electron chi connectivity index (χ1n) is 7.17. The third kappa shape index (κ3) is 4.46. The number of hydrazine groups is 1. The topological polar surface area (TPSA) is 102 Å². The predicted molar refractivity (Wildman–Crippen MR) is 92.1 cm³/mol. The van der Waals surface area contributed by atoms with E-state index in [1.165, 1.54) is 19.2 Å². The molecule has 0 aliphatic carbocycles. The second kappa shape index (κ2) is 7.49. The molecule has 0 aromatic heterocycles. The standard InChI is InChI=1S/C16H18FN3O4S/c1-24-14-7-5-13(6-8-14)20(25(2,22)23)10-12-4-3-11(9-15(12)17)16(21)19-18/h3-9H,10,18H2,1-2H3,(H,19,21). The Balaban J connectivity index is 2.36. The van der Waals surface area contributed by atoms with Crippen molar-refractivity contribution in [3.63, 3.8) is 0 Å². The lowest BCUT2D eigenvalue weighted by Gasteiger charge is -2.23. The van der Waals surface area contributed by atoms with Crippen molar-refractivity contribution in [2.24, 2.45) is 5.84 Å². The number of halogens is 1. The van der Waals surface area contributed by atoms with Crippen molar-refractivity contribution in [2.75, 3.05) is 17.7 Å². The van der Waals surface area contributed by atoms with Crippen LogP contribution >= 0.6 is 0 Å². The normalized spacial score (nSPS) is 11.0. The summed E-state index contributed by atoms with van der Waals surface area (Å²) in [6, 6.07) is 10.1. The minimum Gasteiger partial charge on any atom is -0.497 e. The first-order chi connectivity index (χ1) is 11.8. The summed E-state index contributed by atoms with van der Waals surface area (Å²) in [5.74, 6) is 4.24. The molecule has 3 N–H and O–H groups in total. The van der Waals surface area contributed by atoms with Gasteiger partial charge in [0.25, 0.3) is 5.91 Å². The fraction of sp³-hybridized carbons (Fsp3) is 0.188. The van der Waals surface area contributed by atoms with Crippen molar-refractivity contribution in [3.8, 4) is 5.75 Å². The van der Waals surface area contributed by atoms with Crippen molar-refractivity contribution in [3.05, 3.63) is 59.4 Å². The summed E-state index contributed by atoms with van der Waals surface area (Å²) >= 11 is 0. The van der Waals surface area contributed by atoms with Gasteiger partial charge in [-0.1, -0.05) is 6.07 Å². The van der Waals surface area contributed by atoms with E-state index in [0.717, 1.165) is 16.6 Å². The van der Waals surface area contributed by atoms with Crippen LogP contribution in [0.1, 0.15) is 15.9 Å². The lowest BCUT2D eigenvalue weighted by molar-refractivity contribution is 0.0953. The quantitative estimate of drug-likeness (QED) is 0.457. The third-order valence-corrected chi connectivity index (χ3v) is 4.66. The summed E-state index contributed by atoms with van der Waals surface area (Å²) in [5.41, 5.74) is 2.43. The number of rotatable bonds is 6. The van der Waals surface area contributed by atoms with Crippen LogP contribution < -0.4 is 20.3 Å². The molecule has 0 fully saturated rings. The molecule has 0 saturated carbocycles. The first-order valence-corrected chi connectivity index (χ1v) is 9.02. The molecule has 9 heteroatoms. The number of nitrogens with two attached hydrogens (primary N) is 1. The molecule has 2 aromatic carbocycles. The van der Waals surface area contributed by atoms with E-state index in [2.05, 4.69) is 0 Å². The number of amides is 1. The van der Waals surface area contributed by atoms with Gasteiger partial charge in [-0.15, -0.1) is 0 Å². The molecule has 0 radical (unpaired) electrons. The van der Waals surface area contributed by atoms with Crippen LogP contribution in [0, 0.1) is 5.82 Å². The maximum atomic E-state index is 14.3. The second-order valence-corrected chi connectivity index (χ2v) is 7.15. The molecule has 0 aliphatic heterocycles. The Morgan fingerprint density at radius 2 is 1.88 bits per heavy atom. The number of anilines is 1. The Morgan fingerprint density at radius 1 is 1.24 bits per heavy atom. The number of carbonyl (C=O) groups is 1. The zero-order chi connectivity index (χ0) is 18.6. The molecule has 0 saturated heterocycles. The summed E-state index contributed by atoms with van der Waals surface area (Å²) in [6.07, 6.45) is 1.03. The molecule has 0 heterocycles. The number of ether oxygens (including phenoxy) is 1. The number of carbonyl (C=O) groups excluding carboxylic acids is 1. The summed E-state index contributed by atoms with van der Waals surface area (Å²) in [7, 11) is -2.16. The Kier molecular flexibility index (Phi) is 5.60. The van der Waals surface area contributed by atoms with E-state index >= 15 is 0 Å². The van der Waals surface area contributed by atoms with Gasteiger partial charge < -0.3 is 4.74 Å². The van der Waals surface area contributed by atoms with Gasteiger partial charge in [0.05, 0.1) is 25.6 Å². The van der Waals surface area contributed by atoms with Crippen molar-refractivity contribution >= 4 is 21.6 Å². The van der Waals surface area contributed by atoms with Gasteiger partial charge in [0.15, 0.2) is 0 Å². The van der Waals surface area contributed by atoms with Gasteiger partial charge >= 0.3 is 0 Å². The van der Waals surface area contributed by atoms with Gasteiger partial charge in [0.1, 0.15) is 11.6 Å². The Bertz CT molecular complexity index is 869. The summed E-state index contributed by atoms with van der Waals surface area (Å²) in [6.45, 7) is -0.221. The van der Waals surface area contributed by atoms with Crippen LogP contribution in [-0.2, 0) is 16.6 Å². The van der Waals surface area contributed by atoms with Crippen molar-refractivity contribution < 1.29 is 22.3 Å². The monoisotopic (exact) mass is 367 g/mol. The first kappa shape index (κ1) is 18.7. The summed E-state index contributed by atoms with van der Waals surface area (Å²) < 4.78 is 44.6. The van der Waals surface area contributed by atoms with Gasteiger partial charge in [-0.25, -0.2) is 18.7 Å². The van der Waals surface area contributed by atoms with E-state index in [-0.39, 0.29) is 17.7 Å². The molecular formula is C16H18FN3O4S. The number of hydrogen-bond acceptors (Lipinski definition) is 5. The zero-order valence-corrected chi connectivity index (χ0v) is 14.5. The van der Waals surface area contributed by atoms with Crippen molar-refractivity contribution in [1.29, 1.82) is 0 Å². The van der Waals surface area contributed by atoms with Crippen LogP contribution in [0.3, 0.4) is 0 Å². The second-order valence-electron chi connectivity index (χ2n) is 5.25. The molecule has 0 unspecified atom stereocenters. The number of hydrogen-bond donors (Lipinski definition) is 2. The lowest BCUT2D eigenvalue weighted by atomic mass is 10.1. The molecule has 7 nitrogen and oxygen atoms in total. The van der Waals surface area contributed by atoms with Crippen LogP contribution in [-0.4, -0.2) is 27.7 Å². The molecule has 25 heavy (non-hydrogen) atoms. The lowest BCUT2D eigenvalue weighted by Crippen LogP contribution is -2.31. The van der Waals surface area contributed by atoms with Crippen LogP contribution in [0.4, 0.5) is 10.1 Å². The average molecular weight is 367 g/mol. The Morgan fingerprint density at radius 3 is 2.36 bits per heavy atom. The maximum absolute atomic E-state index is 14.3. The molecule has 2 aromatic rings. The Labute approximate surface area is 145 Å². The van der Waals surface area contributed by atoms with E-state index in [0.29, 0.717) is 11.4 Å². The summed E-state index contributed by atoms with van der Waals surface area (Å²) in [5, 5.41) is 0. The zero-order valence-electron chi connectivity index (χ0n) is 13.7. The van der Waals surface area contributed by atoms with Gasteiger partial charge in [0, 0.05) is 11.1 Å². The van der Waals surface area contributed by atoms with Gasteiger partial charge in [0.2, 0.25) is 10.0 Å². The highest BCUT2D eigenvalue weighted by atomic mass is 32.2. The number of sulfonamides is 1. The number of nitrogen functional groups attached to an aromatic ring is 1. The van der Waals surface area contributed by atoms with Gasteiger partial charge in [-0.2, -0.15) is 0 Å². The average Bonchev–Trinajstić information content (AvgIpc) is 2.59. The van der Waals surface area contributed by atoms with E-state index in [9.17, 15) is 17.6 Å². The highest BCUT2D eigenvalue weighted by molar-refractivity contribution is 7.92. The van der Waals surface area contributed by atoms with Gasteiger partial charge in [-0.3, -0.25) is 14.5 Å². The molecular weight excluding hydrogens is 349 g/mol. The number of benzene rings is 2. The highest BCUT2D eigenvalue weighted by Crippen LogP contribution is 2.24. The minimum atomic E-state index is -3.66. The van der Waals surface area contributed by atoms with E-state index < -0.39 is 21.7 Å². The number of methoxy groups -OCH3 is 1. The summed E-state index contributed by atoms with van der Waals surface area (Å²) in [4.78, 5) is 11.4. The maximum Gasteiger partial charge on any atom is 0.265 e. The smallest absolute Gasteiger partial charge is 0.265 e. The minimum absolute atomic E-state index is 0.0408. The van der Waals surface area contributed by atoms with Crippen molar-refractivity contribution in [2.45, 2.75) is 6.54 Å². The van der Waals surface area contributed by atoms with Crippen LogP contribution in [0.15, 0.2) is 42.5 Å². The van der Waals surface area contributed by atoms with E-state index in [4.69, 9.17) is 10.6 Å². The predicted octanol–water partition coefficient (Wildman–Crippen LogP) is 1.40. The SMILES string of the molecule is COc1ccc(N(Cc2ccc(C(=O)NN)cc2F)S(C)(=O)=O)cc1.